The standard InChI is InChI=1S/C26H24F4N2O5/c1-15(23(33)35-14-17-11-19(31)13-20(32)12-17)10-16-2-6-21(7-3-16)36-24(34)18-4-8-22(9-5-18)37-26(29,30)25(27)28/h2-9,11-13,15,25H,10,14,31-32H2,1H3. The molecule has 196 valence electrons. The maximum atomic E-state index is 13.0. The number of nitrogens with two attached hydrogens (primary N) is 2. The Labute approximate surface area is 209 Å². The van der Waals surface area contributed by atoms with Crippen molar-refractivity contribution in [3.05, 3.63) is 83.4 Å². The highest BCUT2D eigenvalue weighted by atomic mass is 19.3. The van der Waals surface area contributed by atoms with E-state index in [9.17, 15) is 27.2 Å². The molecule has 0 saturated heterocycles. The zero-order valence-corrected chi connectivity index (χ0v) is 19.6. The van der Waals surface area contributed by atoms with Crippen molar-refractivity contribution in [1.82, 2.24) is 0 Å². The first kappa shape index (κ1) is 27.3. The molecule has 0 heterocycles. The lowest BCUT2D eigenvalue weighted by Crippen LogP contribution is -2.33. The third-order valence-corrected chi connectivity index (χ3v) is 5.09. The second-order valence-corrected chi connectivity index (χ2v) is 8.24. The zero-order chi connectivity index (χ0) is 27.2. The molecule has 37 heavy (non-hydrogen) atoms. The van der Waals surface area contributed by atoms with Crippen LogP contribution in [0.5, 0.6) is 11.5 Å². The molecule has 7 nitrogen and oxygen atoms in total. The SMILES string of the molecule is CC(Cc1ccc(OC(=O)c2ccc(OC(F)(F)C(F)F)cc2)cc1)C(=O)OCc1cc(N)cc(N)c1. The van der Waals surface area contributed by atoms with Gasteiger partial charge >= 0.3 is 24.5 Å². The van der Waals surface area contributed by atoms with Gasteiger partial charge < -0.3 is 25.7 Å². The third-order valence-electron chi connectivity index (χ3n) is 5.09. The van der Waals surface area contributed by atoms with Gasteiger partial charge in [0, 0.05) is 11.4 Å². The quantitative estimate of drug-likeness (QED) is 0.163. The van der Waals surface area contributed by atoms with Crippen molar-refractivity contribution in [1.29, 1.82) is 0 Å². The highest BCUT2D eigenvalue weighted by molar-refractivity contribution is 5.91. The Morgan fingerprint density at radius 3 is 2.00 bits per heavy atom. The summed E-state index contributed by atoms with van der Waals surface area (Å²) in [6, 6.07) is 15.5. The number of hydrogen-bond donors (Lipinski definition) is 2. The highest BCUT2D eigenvalue weighted by Gasteiger charge is 2.43. The number of esters is 2. The summed E-state index contributed by atoms with van der Waals surface area (Å²) in [5.74, 6) is -1.98. The first-order valence-electron chi connectivity index (χ1n) is 11.0. The van der Waals surface area contributed by atoms with Crippen molar-refractivity contribution in [2.45, 2.75) is 32.5 Å². The second-order valence-electron chi connectivity index (χ2n) is 8.24. The van der Waals surface area contributed by atoms with E-state index in [2.05, 4.69) is 4.74 Å². The van der Waals surface area contributed by atoms with Crippen LogP contribution in [0.3, 0.4) is 0 Å². The number of rotatable bonds is 10. The Morgan fingerprint density at radius 1 is 0.865 bits per heavy atom. The Morgan fingerprint density at radius 2 is 1.43 bits per heavy atom. The van der Waals surface area contributed by atoms with Crippen LogP contribution in [0.15, 0.2) is 66.7 Å². The number of ether oxygens (including phenoxy) is 3. The van der Waals surface area contributed by atoms with E-state index in [4.69, 9.17) is 20.9 Å². The average Bonchev–Trinajstić information content (AvgIpc) is 2.83. The molecule has 0 bridgehead atoms. The van der Waals surface area contributed by atoms with E-state index in [1.165, 1.54) is 12.1 Å². The van der Waals surface area contributed by atoms with Crippen molar-refractivity contribution in [2.75, 3.05) is 11.5 Å². The lowest BCUT2D eigenvalue weighted by molar-refractivity contribution is -0.253. The molecule has 3 rings (SSSR count). The Balaban J connectivity index is 1.51. The minimum absolute atomic E-state index is 0.00455. The molecule has 0 radical (unpaired) electrons. The van der Waals surface area contributed by atoms with E-state index in [1.54, 1.807) is 37.3 Å². The summed E-state index contributed by atoms with van der Waals surface area (Å²) >= 11 is 0. The number of benzene rings is 3. The molecule has 0 aliphatic rings. The molecule has 0 fully saturated rings. The second kappa shape index (κ2) is 11.6. The van der Waals surface area contributed by atoms with Gasteiger partial charge in [0.15, 0.2) is 0 Å². The average molecular weight is 520 g/mol. The van der Waals surface area contributed by atoms with E-state index in [1.807, 2.05) is 0 Å². The summed E-state index contributed by atoms with van der Waals surface area (Å²) in [6.07, 6.45) is -8.28. The fourth-order valence-electron chi connectivity index (χ4n) is 3.28. The molecule has 3 aromatic rings. The van der Waals surface area contributed by atoms with Crippen molar-refractivity contribution in [2.24, 2.45) is 5.92 Å². The van der Waals surface area contributed by atoms with Gasteiger partial charge in [-0.25, -0.2) is 4.79 Å². The third kappa shape index (κ3) is 7.86. The van der Waals surface area contributed by atoms with E-state index in [0.717, 1.165) is 29.8 Å². The molecule has 0 aromatic heterocycles. The maximum absolute atomic E-state index is 13.0. The van der Waals surface area contributed by atoms with Crippen molar-refractivity contribution in [3.63, 3.8) is 0 Å². The summed E-state index contributed by atoms with van der Waals surface area (Å²) in [5, 5.41) is 0. The van der Waals surface area contributed by atoms with Gasteiger partial charge in [-0.1, -0.05) is 19.1 Å². The van der Waals surface area contributed by atoms with Crippen LogP contribution < -0.4 is 20.9 Å². The van der Waals surface area contributed by atoms with E-state index in [-0.39, 0.29) is 17.9 Å². The predicted molar refractivity (Wildman–Crippen MR) is 127 cm³/mol. The molecule has 0 saturated carbocycles. The van der Waals surface area contributed by atoms with Crippen molar-refractivity contribution in [3.8, 4) is 11.5 Å². The van der Waals surface area contributed by atoms with Gasteiger partial charge in [0.2, 0.25) is 0 Å². The van der Waals surface area contributed by atoms with Crippen molar-refractivity contribution < 1.29 is 41.4 Å². The minimum atomic E-state index is -4.65. The largest absolute Gasteiger partial charge is 0.461 e. The van der Waals surface area contributed by atoms with E-state index < -0.39 is 36.1 Å². The first-order valence-corrected chi connectivity index (χ1v) is 11.0. The molecule has 0 aliphatic heterocycles. The summed E-state index contributed by atoms with van der Waals surface area (Å²) in [6.45, 7) is 1.75. The monoisotopic (exact) mass is 520 g/mol. The topological polar surface area (TPSA) is 114 Å². The number of nitrogen functional groups attached to an aromatic ring is 2. The molecule has 1 atom stereocenters. The number of halogens is 4. The van der Waals surface area contributed by atoms with E-state index in [0.29, 0.717) is 23.4 Å². The van der Waals surface area contributed by atoms with Gasteiger partial charge in [-0.15, -0.1) is 0 Å². The normalized spacial score (nSPS) is 12.2. The molecular formula is C26H24F4N2O5. The van der Waals surface area contributed by atoms with E-state index >= 15 is 0 Å². The molecular weight excluding hydrogens is 496 g/mol. The van der Waals surface area contributed by atoms with Crippen LogP contribution in [-0.2, 0) is 22.6 Å². The van der Waals surface area contributed by atoms with Gasteiger partial charge in [0.05, 0.1) is 11.5 Å². The van der Waals surface area contributed by atoms with Gasteiger partial charge in [0.25, 0.3) is 0 Å². The number of carbonyl (C=O) groups excluding carboxylic acids is 2. The minimum Gasteiger partial charge on any atom is -0.461 e. The van der Waals surface area contributed by atoms with Crippen LogP contribution in [0.2, 0.25) is 0 Å². The Kier molecular flexibility index (Phi) is 8.59. The fourth-order valence-corrected chi connectivity index (χ4v) is 3.28. The summed E-state index contributed by atoms with van der Waals surface area (Å²) in [4.78, 5) is 24.6. The van der Waals surface area contributed by atoms with Gasteiger partial charge in [-0.3, -0.25) is 4.79 Å². The smallest absolute Gasteiger partial charge is 0.461 e. The molecule has 0 aliphatic carbocycles. The van der Waals surface area contributed by atoms with Gasteiger partial charge in [-0.2, -0.15) is 17.6 Å². The molecule has 1 unspecified atom stereocenters. The summed E-state index contributed by atoms with van der Waals surface area (Å²) in [5.41, 5.74) is 13.9. The Hall–Kier alpha value is -4.28. The highest BCUT2D eigenvalue weighted by Crippen LogP contribution is 2.28. The van der Waals surface area contributed by atoms with Crippen LogP contribution in [-0.4, -0.2) is 24.5 Å². The number of alkyl halides is 4. The van der Waals surface area contributed by atoms with Gasteiger partial charge in [-0.05, 0) is 72.1 Å². The predicted octanol–water partition coefficient (Wildman–Crippen LogP) is 5.23. The summed E-state index contributed by atoms with van der Waals surface area (Å²) in [7, 11) is 0. The van der Waals surface area contributed by atoms with Crippen molar-refractivity contribution >= 4 is 23.3 Å². The Bertz CT molecular complexity index is 1210. The van der Waals surface area contributed by atoms with Crippen LogP contribution >= 0.6 is 0 Å². The number of carbonyl (C=O) groups is 2. The lowest BCUT2D eigenvalue weighted by Gasteiger charge is -2.16. The molecule has 3 aromatic carbocycles. The van der Waals surface area contributed by atoms with Crippen LogP contribution in [0, 0.1) is 5.92 Å². The molecule has 0 spiro atoms. The fraction of sp³-hybridized carbons (Fsp3) is 0.231. The molecule has 4 N–H and O–H groups in total. The first-order chi connectivity index (χ1) is 17.4. The van der Waals surface area contributed by atoms with Gasteiger partial charge in [0.1, 0.15) is 18.1 Å². The molecule has 0 amide bonds. The number of anilines is 2. The molecule has 11 heteroatoms. The lowest BCUT2D eigenvalue weighted by atomic mass is 10.0. The summed E-state index contributed by atoms with van der Waals surface area (Å²) < 4.78 is 64.9. The van der Waals surface area contributed by atoms with Crippen LogP contribution in [0.25, 0.3) is 0 Å². The number of hydrogen-bond acceptors (Lipinski definition) is 7. The van der Waals surface area contributed by atoms with Crippen LogP contribution in [0.1, 0.15) is 28.4 Å². The van der Waals surface area contributed by atoms with Crippen LogP contribution in [0.4, 0.5) is 28.9 Å². The zero-order valence-electron chi connectivity index (χ0n) is 19.6. The maximum Gasteiger partial charge on any atom is 0.461 e.